The summed E-state index contributed by atoms with van der Waals surface area (Å²) in [7, 11) is 0. The standard InChI is InChI=1S/C25H21F5O/c1-2-14-3-5-15(6-4-14)16-7-9-19-17(11-16)8-10-20(23(19)28)18-12-21(26)24(22(27)13-18)31-25(29)30/h2,7-15,25H,1,3-6H2. The summed E-state index contributed by atoms with van der Waals surface area (Å²) in [5, 5.41) is 1.03. The lowest BCUT2D eigenvalue weighted by molar-refractivity contribution is -0.0546. The van der Waals surface area contributed by atoms with E-state index in [9.17, 15) is 17.6 Å². The van der Waals surface area contributed by atoms with Gasteiger partial charge in [0.2, 0.25) is 0 Å². The van der Waals surface area contributed by atoms with Crippen molar-refractivity contribution >= 4 is 10.8 Å². The molecule has 4 rings (SSSR count). The van der Waals surface area contributed by atoms with Crippen molar-refractivity contribution < 1.29 is 26.7 Å². The molecule has 6 heteroatoms. The molecule has 0 amide bonds. The highest BCUT2D eigenvalue weighted by molar-refractivity contribution is 5.89. The van der Waals surface area contributed by atoms with E-state index in [1.54, 1.807) is 12.1 Å². The summed E-state index contributed by atoms with van der Waals surface area (Å²) in [6.45, 7) is 0.498. The molecule has 1 saturated carbocycles. The molecule has 0 saturated heterocycles. The molecule has 0 aromatic heterocycles. The van der Waals surface area contributed by atoms with Crippen LogP contribution in [0.2, 0.25) is 0 Å². The van der Waals surface area contributed by atoms with Crippen molar-refractivity contribution in [2.24, 2.45) is 5.92 Å². The molecule has 1 fully saturated rings. The first-order valence-corrected chi connectivity index (χ1v) is 10.2. The van der Waals surface area contributed by atoms with E-state index < -0.39 is 29.8 Å². The quantitative estimate of drug-likeness (QED) is 0.293. The number of benzene rings is 3. The van der Waals surface area contributed by atoms with Gasteiger partial charge in [0.25, 0.3) is 0 Å². The number of alkyl halides is 2. The highest BCUT2D eigenvalue weighted by Crippen LogP contribution is 2.38. The summed E-state index contributed by atoms with van der Waals surface area (Å²) < 4.78 is 71.9. The van der Waals surface area contributed by atoms with Crippen LogP contribution < -0.4 is 4.74 Å². The van der Waals surface area contributed by atoms with Crippen molar-refractivity contribution in [2.45, 2.75) is 38.2 Å². The van der Waals surface area contributed by atoms with E-state index in [4.69, 9.17) is 0 Å². The average molecular weight is 432 g/mol. The Morgan fingerprint density at radius 1 is 0.903 bits per heavy atom. The highest BCUT2D eigenvalue weighted by Gasteiger charge is 2.22. The van der Waals surface area contributed by atoms with Crippen LogP contribution in [0, 0.1) is 23.4 Å². The first-order chi connectivity index (χ1) is 14.9. The van der Waals surface area contributed by atoms with Gasteiger partial charge in [-0.3, -0.25) is 0 Å². The summed E-state index contributed by atoms with van der Waals surface area (Å²) in [6, 6.07) is 10.3. The van der Waals surface area contributed by atoms with E-state index in [1.165, 1.54) is 6.07 Å². The lowest BCUT2D eigenvalue weighted by atomic mass is 9.78. The number of hydrogen-bond acceptors (Lipinski definition) is 1. The number of halogens is 5. The highest BCUT2D eigenvalue weighted by atomic mass is 19.3. The zero-order valence-electron chi connectivity index (χ0n) is 16.7. The lowest BCUT2D eigenvalue weighted by Gasteiger charge is -2.27. The van der Waals surface area contributed by atoms with Crippen LogP contribution in [0.4, 0.5) is 22.0 Å². The van der Waals surface area contributed by atoms with Crippen LogP contribution in [-0.4, -0.2) is 6.61 Å². The first-order valence-electron chi connectivity index (χ1n) is 10.2. The third-order valence-corrected chi connectivity index (χ3v) is 6.07. The summed E-state index contributed by atoms with van der Waals surface area (Å²) in [5.41, 5.74) is 1.03. The Labute approximate surface area is 177 Å². The van der Waals surface area contributed by atoms with Gasteiger partial charge in [-0.15, -0.1) is 6.58 Å². The van der Waals surface area contributed by atoms with Gasteiger partial charge in [0.15, 0.2) is 17.4 Å². The SMILES string of the molecule is C=CC1CCC(c2ccc3c(F)c(-c4cc(F)c(OC(F)F)c(F)c4)ccc3c2)CC1. The smallest absolute Gasteiger partial charge is 0.387 e. The van der Waals surface area contributed by atoms with Gasteiger partial charge in [-0.2, -0.15) is 8.78 Å². The van der Waals surface area contributed by atoms with Gasteiger partial charge < -0.3 is 4.74 Å². The van der Waals surface area contributed by atoms with Gasteiger partial charge >= 0.3 is 6.61 Å². The van der Waals surface area contributed by atoms with Crippen LogP contribution >= 0.6 is 0 Å². The zero-order chi connectivity index (χ0) is 22.1. The molecule has 0 spiro atoms. The van der Waals surface area contributed by atoms with Gasteiger partial charge in [0.1, 0.15) is 5.82 Å². The Kier molecular flexibility index (Phi) is 5.99. The number of fused-ring (bicyclic) bond motifs is 1. The molecule has 3 aromatic carbocycles. The molecule has 0 unspecified atom stereocenters. The van der Waals surface area contributed by atoms with Crippen LogP contribution in [0.15, 0.2) is 55.1 Å². The molecule has 0 heterocycles. The summed E-state index contributed by atoms with van der Waals surface area (Å²) >= 11 is 0. The van der Waals surface area contributed by atoms with Crippen molar-refractivity contribution in [3.05, 3.63) is 78.1 Å². The Morgan fingerprint density at radius 2 is 1.58 bits per heavy atom. The van der Waals surface area contributed by atoms with Crippen LogP contribution in [0.3, 0.4) is 0 Å². The molecule has 0 radical (unpaired) electrons. The number of rotatable bonds is 5. The third kappa shape index (κ3) is 4.29. The average Bonchev–Trinajstić information content (AvgIpc) is 2.76. The largest absolute Gasteiger partial charge is 0.429 e. The predicted octanol–water partition coefficient (Wildman–Crippen LogP) is 7.99. The molecule has 162 valence electrons. The first kappa shape index (κ1) is 21.3. The maximum Gasteiger partial charge on any atom is 0.387 e. The van der Waals surface area contributed by atoms with E-state index in [2.05, 4.69) is 11.3 Å². The van der Waals surface area contributed by atoms with Gasteiger partial charge in [-0.25, -0.2) is 13.2 Å². The van der Waals surface area contributed by atoms with Crippen LogP contribution in [0.1, 0.15) is 37.2 Å². The second kappa shape index (κ2) is 8.69. The second-order valence-electron chi connectivity index (χ2n) is 7.90. The van der Waals surface area contributed by atoms with Gasteiger partial charge in [-0.05, 0) is 66.2 Å². The number of ether oxygens (including phenoxy) is 1. The van der Waals surface area contributed by atoms with E-state index in [1.807, 2.05) is 18.2 Å². The molecule has 31 heavy (non-hydrogen) atoms. The predicted molar refractivity (Wildman–Crippen MR) is 111 cm³/mol. The zero-order valence-corrected chi connectivity index (χ0v) is 16.7. The van der Waals surface area contributed by atoms with Crippen molar-refractivity contribution in [2.75, 3.05) is 0 Å². The lowest BCUT2D eigenvalue weighted by Crippen LogP contribution is -2.11. The van der Waals surface area contributed by atoms with Crippen molar-refractivity contribution in [3.8, 4) is 16.9 Å². The van der Waals surface area contributed by atoms with Crippen LogP contribution in [0.25, 0.3) is 21.9 Å². The minimum atomic E-state index is -3.37. The number of hydrogen-bond donors (Lipinski definition) is 0. The van der Waals surface area contributed by atoms with E-state index in [0.717, 1.165) is 43.4 Å². The molecular formula is C25H21F5O. The van der Waals surface area contributed by atoms with Crippen molar-refractivity contribution in [1.82, 2.24) is 0 Å². The maximum absolute atomic E-state index is 15.2. The Balaban J connectivity index is 1.67. The van der Waals surface area contributed by atoms with Crippen molar-refractivity contribution in [1.29, 1.82) is 0 Å². The molecular weight excluding hydrogens is 411 g/mol. The topological polar surface area (TPSA) is 9.23 Å². The van der Waals surface area contributed by atoms with Gasteiger partial charge in [-0.1, -0.05) is 36.4 Å². The molecule has 1 aliphatic rings. The third-order valence-electron chi connectivity index (χ3n) is 6.07. The molecule has 1 aliphatic carbocycles. The Hall–Kier alpha value is -2.89. The van der Waals surface area contributed by atoms with E-state index >= 15 is 4.39 Å². The fraction of sp³-hybridized carbons (Fsp3) is 0.280. The fourth-order valence-corrected chi connectivity index (χ4v) is 4.39. The van der Waals surface area contributed by atoms with Gasteiger partial charge in [0.05, 0.1) is 0 Å². The number of allylic oxidation sites excluding steroid dienone is 1. The Morgan fingerprint density at radius 3 is 2.19 bits per heavy atom. The van der Waals surface area contributed by atoms with Gasteiger partial charge in [0, 0.05) is 10.9 Å². The van der Waals surface area contributed by atoms with Crippen molar-refractivity contribution in [3.63, 3.8) is 0 Å². The molecule has 1 nitrogen and oxygen atoms in total. The minimum Gasteiger partial charge on any atom is -0.429 e. The maximum atomic E-state index is 15.2. The molecule has 0 N–H and O–H groups in total. The van der Waals surface area contributed by atoms with E-state index in [-0.39, 0.29) is 11.1 Å². The summed E-state index contributed by atoms with van der Waals surface area (Å²) in [6.07, 6.45) is 6.28. The summed E-state index contributed by atoms with van der Waals surface area (Å²) in [5.74, 6) is -3.49. The Bertz CT molecular complexity index is 1090. The molecule has 0 aliphatic heterocycles. The van der Waals surface area contributed by atoms with E-state index in [0.29, 0.717) is 22.6 Å². The fourth-order valence-electron chi connectivity index (χ4n) is 4.39. The monoisotopic (exact) mass is 432 g/mol. The van der Waals surface area contributed by atoms with Crippen LogP contribution in [0.5, 0.6) is 5.75 Å². The molecule has 0 atom stereocenters. The normalized spacial score (nSPS) is 19.0. The molecule has 0 bridgehead atoms. The minimum absolute atomic E-state index is 0.0202. The summed E-state index contributed by atoms with van der Waals surface area (Å²) in [4.78, 5) is 0. The van der Waals surface area contributed by atoms with Crippen LogP contribution in [-0.2, 0) is 0 Å². The second-order valence-corrected chi connectivity index (χ2v) is 7.90. The molecule has 3 aromatic rings.